The van der Waals surface area contributed by atoms with Crippen LogP contribution in [0.3, 0.4) is 0 Å². The summed E-state index contributed by atoms with van der Waals surface area (Å²) in [6.07, 6.45) is 3.33. The quantitative estimate of drug-likeness (QED) is 0.490. The molecule has 0 aromatic heterocycles. The van der Waals surface area contributed by atoms with E-state index in [1.807, 2.05) is 12.0 Å². The van der Waals surface area contributed by atoms with E-state index in [1.54, 1.807) is 0 Å². The Bertz CT molecular complexity index is 868. The maximum atomic E-state index is 13.1. The van der Waals surface area contributed by atoms with Gasteiger partial charge in [-0.15, -0.1) is 0 Å². The maximum Gasteiger partial charge on any atom is 0.269 e. The highest BCUT2D eigenvalue weighted by atomic mass is 32.2. The van der Waals surface area contributed by atoms with Crippen LogP contribution in [0.1, 0.15) is 60.3 Å². The molecule has 2 atom stereocenters. The molecule has 2 saturated heterocycles. The molecule has 3 rings (SSSR count). The molecule has 0 bridgehead atoms. The highest BCUT2D eigenvalue weighted by Crippen LogP contribution is 2.39. The number of hydroxylamine groups is 3. The first-order valence-corrected chi connectivity index (χ1v) is 11.7. The Kier molecular flexibility index (Phi) is 6.28. The van der Waals surface area contributed by atoms with Crippen molar-refractivity contribution >= 4 is 15.7 Å². The molecule has 1 aromatic rings. The van der Waals surface area contributed by atoms with Gasteiger partial charge >= 0.3 is 0 Å². The summed E-state index contributed by atoms with van der Waals surface area (Å²) in [4.78, 5) is 22.1. The molecule has 0 saturated carbocycles. The number of sulfonamides is 1. The molecule has 30 heavy (non-hydrogen) atoms. The number of rotatable bonds is 6. The summed E-state index contributed by atoms with van der Waals surface area (Å²) in [7, 11) is -3.98. The number of benzene rings is 1. The fourth-order valence-electron chi connectivity index (χ4n) is 4.49. The van der Waals surface area contributed by atoms with Gasteiger partial charge in [-0.1, -0.05) is 4.47 Å². The third-order valence-corrected chi connectivity index (χ3v) is 7.57. The molecule has 0 unspecified atom stereocenters. The van der Waals surface area contributed by atoms with Gasteiger partial charge in [-0.25, -0.2) is 8.42 Å². The molecule has 9 nitrogen and oxygen atoms in total. The first kappa shape index (κ1) is 23.1. The van der Waals surface area contributed by atoms with Crippen molar-refractivity contribution in [3.8, 4) is 0 Å². The van der Waals surface area contributed by atoms with Crippen molar-refractivity contribution in [3.05, 3.63) is 34.4 Å². The molecule has 10 heteroatoms. The Morgan fingerprint density at radius 3 is 2.27 bits per heavy atom. The number of piperidine rings is 1. The minimum Gasteiger partial charge on any atom is -0.296 e. The summed E-state index contributed by atoms with van der Waals surface area (Å²) in [5, 5.41) is 12.9. The predicted molar refractivity (Wildman–Crippen MR) is 111 cm³/mol. The van der Waals surface area contributed by atoms with Crippen LogP contribution in [0.15, 0.2) is 29.2 Å². The Morgan fingerprint density at radius 1 is 1.17 bits per heavy atom. The van der Waals surface area contributed by atoms with E-state index in [4.69, 9.17) is 9.68 Å². The average Bonchev–Trinajstić information content (AvgIpc) is 3.01. The van der Waals surface area contributed by atoms with Gasteiger partial charge in [0.2, 0.25) is 0 Å². The lowest BCUT2D eigenvalue weighted by Gasteiger charge is -2.51. The van der Waals surface area contributed by atoms with Crippen LogP contribution in [0.2, 0.25) is 0 Å². The molecule has 2 fully saturated rings. The zero-order valence-electron chi connectivity index (χ0n) is 18.2. The van der Waals surface area contributed by atoms with Crippen LogP contribution in [0, 0.1) is 10.1 Å². The zero-order chi connectivity index (χ0) is 22.3. The largest absolute Gasteiger partial charge is 0.296 e. The maximum absolute atomic E-state index is 13.1. The second-order valence-electron chi connectivity index (χ2n) is 9.39. The van der Waals surface area contributed by atoms with Crippen molar-refractivity contribution in [1.82, 2.24) is 9.53 Å². The lowest BCUT2D eigenvalue weighted by molar-refractivity contribution is -0.384. The van der Waals surface area contributed by atoms with Crippen molar-refractivity contribution in [1.29, 1.82) is 0 Å². The average molecular weight is 442 g/mol. The Balaban J connectivity index is 1.79. The molecule has 1 aromatic carbocycles. The van der Waals surface area contributed by atoms with Gasteiger partial charge in [-0.2, -0.15) is 5.06 Å². The Labute approximate surface area is 178 Å². The van der Waals surface area contributed by atoms with E-state index in [0.717, 1.165) is 23.7 Å². The SMILES string of the molecule is C[C@H]1C[C@@H](CON2C(C)(C)CCCC2(C)C)N(S(=O)(=O)c2ccc([N+](=O)[O-])cc2)O1. The molecule has 2 heterocycles. The summed E-state index contributed by atoms with van der Waals surface area (Å²) in [5.74, 6) is 0. The highest BCUT2D eigenvalue weighted by molar-refractivity contribution is 7.89. The van der Waals surface area contributed by atoms with Crippen molar-refractivity contribution < 1.29 is 23.0 Å². The number of nitro groups is 1. The van der Waals surface area contributed by atoms with Crippen molar-refractivity contribution in [2.75, 3.05) is 6.61 Å². The minimum absolute atomic E-state index is 0.0502. The summed E-state index contributed by atoms with van der Waals surface area (Å²) in [6, 6.07) is 4.32. The standard InChI is InChI=1S/C20H31N3O6S/c1-15-13-17(14-28-23-19(2,3)11-6-12-20(23,4)5)22(29-15)30(26,27)18-9-7-16(8-10-18)21(24)25/h7-10,15,17H,6,11-14H2,1-5H3/t15-,17-/m0/s1. The molecule has 0 N–H and O–H groups in total. The molecule has 0 aliphatic carbocycles. The van der Waals surface area contributed by atoms with E-state index >= 15 is 0 Å². The number of nitro benzene ring substituents is 1. The van der Waals surface area contributed by atoms with Crippen LogP contribution in [0.25, 0.3) is 0 Å². The van der Waals surface area contributed by atoms with Gasteiger partial charge in [0.05, 0.1) is 28.6 Å². The topological polar surface area (TPSA) is 102 Å². The molecule has 2 aliphatic rings. The summed E-state index contributed by atoms with van der Waals surface area (Å²) in [6.45, 7) is 10.5. The normalized spacial score (nSPS) is 27.2. The predicted octanol–water partition coefficient (Wildman–Crippen LogP) is 3.65. The minimum atomic E-state index is -3.98. The van der Waals surface area contributed by atoms with Gasteiger partial charge in [0.15, 0.2) is 0 Å². The van der Waals surface area contributed by atoms with Gasteiger partial charge in [0.25, 0.3) is 15.7 Å². The fraction of sp³-hybridized carbons (Fsp3) is 0.700. The summed E-state index contributed by atoms with van der Waals surface area (Å²) >= 11 is 0. The molecule has 0 spiro atoms. The van der Waals surface area contributed by atoms with Crippen LogP contribution in [0.5, 0.6) is 0 Å². The number of non-ortho nitro benzene ring substituents is 1. The van der Waals surface area contributed by atoms with Crippen molar-refractivity contribution in [3.63, 3.8) is 0 Å². The van der Waals surface area contributed by atoms with E-state index < -0.39 is 21.0 Å². The van der Waals surface area contributed by atoms with Crippen LogP contribution < -0.4 is 0 Å². The number of nitrogens with zero attached hydrogens (tertiary/aromatic N) is 3. The molecular formula is C20H31N3O6S. The first-order chi connectivity index (χ1) is 13.8. The number of hydrogen-bond acceptors (Lipinski definition) is 7. The van der Waals surface area contributed by atoms with E-state index in [-0.39, 0.29) is 34.4 Å². The van der Waals surface area contributed by atoms with Gasteiger partial charge < -0.3 is 0 Å². The Morgan fingerprint density at radius 2 is 1.73 bits per heavy atom. The second-order valence-corrected chi connectivity index (χ2v) is 11.2. The van der Waals surface area contributed by atoms with Crippen molar-refractivity contribution in [2.45, 2.75) is 88.4 Å². The van der Waals surface area contributed by atoms with Crippen molar-refractivity contribution in [2.24, 2.45) is 0 Å². The monoisotopic (exact) mass is 441 g/mol. The third-order valence-electron chi connectivity index (χ3n) is 5.84. The van der Waals surface area contributed by atoms with Gasteiger partial charge in [0.1, 0.15) is 0 Å². The molecule has 0 radical (unpaired) electrons. The van der Waals surface area contributed by atoms with Crippen LogP contribution in [-0.4, -0.2) is 52.7 Å². The second kappa shape index (κ2) is 8.16. The zero-order valence-corrected chi connectivity index (χ0v) is 19.0. The van der Waals surface area contributed by atoms with Crippen LogP contribution >= 0.6 is 0 Å². The molecule has 168 valence electrons. The lowest BCUT2D eigenvalue weighted by atomic mass is 9.82. The van der Waals surface area contributed by atoms with Gasteiger partial charge in [-0.3, -0.25) is 19.8 Å². The Hall–Kier alpha value is -1.59. The fourth-order valence-corrected chi connectivity index (χ4v) is 5.97. The number of hydrogen-bond donors (Lipinski definition) is 0. The van der Waals surface area contributed by atoms with E-state index in [9.17, 15) is 18.5 Å². The summed E-state index contributed by atoms with van der Waals surface area (Å²) < 4.78 is 27.3. The summed E-state index contributed by atoms with van der Waals surface area (Å²) in [5.41, 5.74) is -0.483. The smallest absolute Gasteiger partial charge is 0.269 e. The van der Waals surface area contributed by atoms with Gasteiger partial charge in [-0.05, 0) is 72.4 Å². The lowest BCUT2D eigenvalue weighted by Crippen LogP contribution is -2.59. The first-order valence-electron chi connectivity index (χ1n) is 10.2. The van der Waals surface area contributed by atoms with Crippen LogP contribution in [-0.2, 0) is 19.7 Å². The van der Waals surface area contributed by atoms with E-state index in [0.29, 0.717) is 6.42 Å². The third kappa shape index (κ3) is 4.52. The molecule has 0 amide bonds. The van der Waals surface area contributed by atoms with E-state index in [1.165, 1.54) is 24.3 Å². The van der Waals surface area contributed by atoms with Crippen LogP contribution in [0.4, 0.5) is 5.69 Å². The van der Waals surface area contributed by atoms with Gasteiger partial charge in [0, 0.05) is 23.2 Å². The van der Waals surface area contributed by atoms with E-state index in [2.05, 4.69) is 27.7 Å². The molecular weight excluding hydrogens is 410 g/mol. The molecule has 2 aliphatic heterocycles. The highest BCUT2D eigenvalue weighted by Gasteiger charge is 2.45.